The maximum absolute atomic E-state index is 12.8. The summed E-state index contributed by atoms with van der Waals surface area (Å²) < 4.78 is 12.5. The molecule has 0 unspecified atom stereocenters. The van der Waals surface area contributed by atoms with Crippen molar-refractivity contribution >= 4 is 17.9 Å². The highest BCUT2D eigenvalue weighted by molar-refractivity contribution is 5.87. The molecule has 3 rings (SSSR count). The first-order valence-corrected chi connectivity index (χ1v) is 10.4. The largest absolute Gasteiger partial charge is 0.461 e. The van der Waals surface area contributed by atoms with Crippen LogP contribution in [0, 0.1) is 0 Å². The molecule has 0 bridgehead atoms. The van der Waals surface area contributed by atoms with E-state index < -0.39 is 17.7 Å². The van der Waals surface area contributed by atoms with Gasteiger partial charge in [-0.05, 0) is 31.9 Å². The number of rotatable bonds is 8. The predicted octanol–water partition coefficient (Wildman–Crippen LogP) is 4.20. The maximum atomic E-state index is 12.8. The second-order valence-electron chi connectivity index (χ2n) is 8.29. The summed E-state index contributed by atoms with van der Waals surface area (Å²) in [5.74, 6) is -0.106. The van der Waals surface area contributed by atoms with Crippen molar-refractivity contribution in [2.45, 2.75) is 45.9 Å². The summed E-state index contributed by atoms with van der Waals surface area (Å²) in [6, 6.07) is 19.2. The predicted molar refractivity (Wildman–Crippen MR) is 120 cm³/mol. The number of hydrogen-bond donors (Lipinski definition) is 0. The minimum Gasteiger partial charge on any atom is -0.461 e. The van der Waals surface area contributed by atoms with E-state index in [0.29, 0.717) is 12.4 Å². The van der Waals surface area contributed by atoms with Crippen LogP contribution in [0.3, 0.4) is 0 Å². The van der Waals surface area contributed by atoms with Crippen molar-refractivity contribution < 1.29 is 19.1 Å². The van der Waals surface area contributed by atoms with E-state index in [-0.39, 0.29) is 19.6 Å². The van der Waals surface area contributed by atoms with Crippen LogP contribution in [0.25, 0.3) is 0 Å². The lowest BCUT2D eigenvalue weighted by Crippen LogP contribution is -2.38. The van der Waals surface area contributed by atoms with Crippen LogP contribution in [-0.2, 0) is 27.4 Å². The van der Waals surface area contributed by atoms with Crippen molar-refractivity contribution in [3.8, 4) is 0 Å². The van der Waals surface area contributed by atoms with E-state index in [2.05, 4.69) is 10.3 Å². The lowest BCUT2D eigenvalue weighted by molar-refractivity contribution is -0.144. The van der Waals surface area contributed by atoms with Crippen LogP contribution in [0.5, 0.6) is 0 Å². The van der Waals surface area contributed by atoms with Crippen molar-refractivity contribution in [1.82, 2.24) is 15.0 Å². The van der Waals surface area contributed by atoms with E-state index in [9.17, 15) is 9.59 Å². The number of anilines is 1. The van der Waals surface area contributed by atoms with Crippen molar-refractivity contribution in [3.63, 3.8) is 0 Å². The molecule has 0 N–H and O–H groups in total. The number of hydrogen-bond acceptors (Lipinski definition) is 6. The van der Waals surface area contributed by atoms with Gasteiger partial charge in [0.2, 0.25) is 0 Å². The first-order chi connectivity index (χ1) is 15.3. The lowest BCUT2D eigenvalue weighted by atomic mass is 10.2. The number of nitrogens with zero attached hydrogens (tertiary/aromatic N) is 4. The molecular formula is C24H28N4O4. The molecule has 0 aliphatic carbocycles. The number of benzene rings is 2. The maximum Gasteiger partial charge on any atom is 0.416 e. The Morgan fingerprint density at radius 2 is 1.59 bits per heavy atom. The molecule has 0 atom stereocenters. The zero-order chi connectivity index (χ0) is 23.0. The van der Waals surface area contributed by atoms with E-state index in [4.69, 9.17) is 9.47 Å². The Morgan fingerprint density at radius 1 is 0.969 bits per heavy atom. The summed E-state index contributed by atoms with van der Waals surface area (Å²) in [4.78, 5) is 26.4. The normalized spacial score (nSPS) is 11.1. The molecule has 0 spiro atoms. The molecule has 1 heterocycles. The van der Waals surface area contributed by atoms with Gasteiger partial charge in [-0.2, -0.15) is 0 Å². The minimum atomic E-state index is -0.691. The quantitative estimate of drug-likeness (QED) is 0.492. The Morgan fingerprint density at radius 3 is 2.22 bits per heavy atom. The Bertz CT molecular complexity index is 1010. The summed E-state index contributed by atoms with van der Waals surface area (Å²) in [7, 11) is 0. The third kappa shape index (κ3) is 7.23. The molecular weight excluding hydrogens is 408 g/mol. The van der Waals surface area contributed by atoms with Gasteiger partial charge in [0.15, 0.2) is 5.82 Å². The highest BCUT2D eigenvalue weighted by Crippen LogP contribution is 2.17. The van der Waals surface area contributed by atoms with Crippen molar-refractivity contribution in [2.75, 3.05) is 11.4 Å². The molecule has 0 saturated carbocycles. The van der Waals surface area contributed by atoms with Gasteiger partial charge in [-0.15, -0.1) is 5.10 Å². The first-order valence-electron chi connectivity index (χ1n) is 10.4. The van der Waals surface area contributed by atoms with Crippen LogP contribution in [0.4, 0.5) is 10.6 Å². The molecule has 32 heavy (non-hydrogen) atoms. The van der Waals surface area contributed by atoms with Gasteiger partial charge in [-0.1, -0.05) is 65.9 Å². The molecule has 1 aromatic heterocycles. The number of aromatic nitrogens is 3. The Labute approximate surface area is 187 Å². The van der Waals surface area contributed by atoms with E-state index in [0.717, 1.165) is 11.1 Å². The standard InChI is InChI=1S/C24H28N4O4/c1-24(2,3)32-23(30)28(15-14-22(29)31-18-20-12-8-5-9-13-20)21-17-27(26-25-21)16-19-10-6-4-7-11-19/h4-13,17H,14-16,18H2,1-3H3. The van der Waals surface area contributed by atoms with Crippen LogP contribution >= 0.6 is 0 Å². The fraction of sp³-hybridized carbons (Fsp3) is 0.333. The smallest absolute Gasteiger partial charge is 0.416 e. The first kappa shape index (κ1) is 23.0. The van der Waals surface area contributed by atoms with Crippen LogP contribution < -0.4 is 4.90 Å². The molecule has 0 aliphatic heterocycles. The van der Waals surface area contributed by atoms with E-state index >= 15 is 0 Å². The van der Waals surface area contributed by atoms with Crippen LogP contribution in [0.2, 0.25) is 0 Å². The summed E-state index contributed by atoms with van der Waals surface area (Å²) in [5, 5.41) is 8.24. The summed E-state index contributed by atoms with van der Waals surface area (Å²) in [5.41, 5.74) is 1.26. The summed E-state index contributed by atoms with van der Waals surface area (Å²) in [6.45, 7) is 6.09. The lowest BCUT2D eigenvalue weighted by Gasteiger charge is -2.25. The number of carbonyl (C=O) groups is 2. The molecule has 0 radical (unpaired) electrons. The average Bonchev–Trinajstić information content (AvgIpc) is 3.20. The third-order valence-corrected chi connectivity index (χ3v) is 4.39. The molecule has 3 aromatic rings. The molecule has 2 aromatic carbocycles. The van der Waals surface area contributed by atoms with Crippen molar-refractivity contribution in [2.24, 2.45) is 0 Å². The zero-order valence-corrected chi connectivity index (χ0v) is 18.6. The SMILES string of the molecule is CC(C)(C)OC(=O)N(CCC(=O)OCc1ccccc1)c1cn(Cc2ccccc2)nn1. The van der Waals surface area contributed by atoms with Gasteiger partial charge in [0.05, 0.1) is 19.2 Å². The number of esters is 1. The molecule has 168 valence electrons. The van der Waals surface area contributed by atoms with Gasteiger partial charge in [0, 0.05) is 6.54 Å². The number of ether oxygens (including phenoxy) is 2. The Hall–Kier alpha value is -3.68. The second-order valence-corrected chi connectivity index (χ2v) is 8.29. The second kappa shape index (κ2) is 10.6. The van der Waals surface area contributed by atoms with Gasteiger partial charge in [0.1, 0.15) is 12.2 Å². The zero-order valence-electron chi connectivity index (χ0n) is 18.6. The molecule has 0 aliphatic rings. The summed E-state index contributed by atoms with van der Waals surface area (Å²) in [6.07, 6.45) is 1.06. The van der Waals surface area contributed by atoms with Crippen LogP contribution in [0.15, 0.2) is 66.9 Å². The van der Waals surface area contributed by atoms with E-state index in [1.54, 1.807) is 31.6 Å². The van der Waals surface area contributed by atoms with Gasteiger partial charge >= 0.3 is 12.1 Å². The third-order valence-electron chi connectivity index (χ3n) is 4.39. The fourth-order valence-electron chi connectivity index (χ4n) is 2.89. The molecule has 0 saturated heterocycles. The molecule has 8 nitrogen and oxygen atoms in total. The number of amides is 1. The highest BCUT2D eigenvalue weighted by Gasteiger charge is 2.26. The van der Waals surface area contributed by atoms with Crippen LogP contribution in [-0.4, -0.2) is 39.2 Å². The van der Waals surface area contributed by atoms with Gasteiger partial charge in [-0.3, -0.25) is 9.69 Å². The molecule has 0 fully saturated rings. The van der Waals surface area contributed by atoms with Gasteiger partial charge in [0.25, 0.3) is 0 Å². The minimum absolute atomic E-state index is 0.00236. The average molecular weight is 437 g/mol. The molecule has 8 heteroatoms. The monoisotopic (exact) mass is 436 g/mol. The fourth-order valence-corrected chi connectivity index (χ4v) is 2.89. The Kier molecular flexibility index (Phi) is 7.59. The van der Waals surface area contributed by atoms with Crippen molar-refractivity contribution in [1.29, 1.82) is 0 Å². The Balaban J connectivity index is 1.65. The van der Waals surface area contributed by atoms with Gasteiger partial charge in [-0.25, -0.2) is 9.48 Å². The van der Waals surface area contributed by atoms with Gasteiger partial charge < -0.3 is 9.47 Å². The summed E-state index contributed by atoms with van der Waals surface area (Å²) >= 11 is 0. The van der Waals surface area contributed by atoms with E-state index in [1.165, 1.54) is 4.90 Å². The highest BCUT2D eigenvalue weighted by atomic mass is 16.6. The van der Waals surface area contributed by atoms with Crippen molar-refractivity contribution in [3.05, 3.63) is 78.0 Å². The van der Waals surface area contributed by atoms with Crippen LogP contribution in [0.1, 0.15) is 38.3 Å². The molecule has 1 amide bonds. The van der Waals surface area contributed by atoms with E-state index in [1.807, 2.05) is 60.7 Å². The number of carbonyl (C=O) groups excluding carboxylic acids is 2. The topological polar surface area (TPSA) is 86.5 Å².